The van der Waals surface area contributed by atoms with Crippen LogP contribution in [0.1, 0.15) is 30.9 Å². The van der Waals surface area contributed by atoms with E-state index >= 15 is 0 Å². The molecule has 0 bridgehead atoms. The van der Waals surface area contributed by atoms with Crippen molar-refractivity contribution in [1.82, 2.24) is 4.31 Å². The van der Waals surface area contributed by atoms with Crippen LogP contribution < -0.4 is 9.80 Å². The highest BCUT2D eigenvalue weighted by Crippen LogP contribution is 2.33. The van der Waals surface area contributed by atoms with Gasteiger partial charge >= 0.3 is 6.18 Å². The Morgan fingerprint density at radius 3 is 2.27 bits per heavy atom. The third kappa shape index (κ3) is 4.86. The number of carbonyl (C=O) groups excluding carboxylic acids is 1. The second kappa shape index (κ2) is 8.98. The molecule has 2 aliphatic heterocycles. The number of carbonyl (C=O) groups is 1. The number of sulfonamides is 1. The summed E-state index contributed by atoms with van der Waals surface area (Å²) in [5, 5.41) is 0. The van der Waals surface area contributed by atoms with Crippen molar-refractivity contribution in [2.45, 2.75) is 37.3 Å². The van der Waals surface area contributed by atoms with Crippen molar-refractivity contribution in [1.29, 1.82) is 0 Å². The highest BCUT2D eigenvalue weighted by Gasteiger charge is 2.32. The van der Waals surface area contributed by atoms with Crippen LogP contribution in [0.15, 0.2) is 47.4 Å². The zero-order valence-corrected chi connectivity index (χ0v) is 19.1. The smallest absolute Gasteiger partial charge is 0.371 e. The van der Waals surface area contributed by atoms with E-state index in [2.05, 4.69) is 0 Å². The normalized spacial score (nSPS) is 18.1. The maximum atomic E-state index is 13.3. The van der Waals surface area contributed by atoms with Gasteiger partial charge in [-0.3, -0.25) is 4.79 Å². The Labute approximate surface area is 191 Å². The van der Waals surface area contributed by atoms with E-state index in [1.165, 1.54) is 17.3 Å². The minimum Gasteiger partial charge on any atom is -0.371 e. The molecule has 4 rings (SSSR count). The van der Waals surface area contributed by atoms with E-state index in [0.29, 0.717) is 44.6 Å². The molecule has 0 aromatic heterocycles. The SMILES string of the molecule is CC(=O)N1CCc2cc(S(=O)(=O)N3CCCN(c4cccc(C(F)(F)F)c4)CCC3)ccc21. The van der Waals surface area contributed by atoms with E-state index in [1.54, 1.807) is 29.2 Å². The molecule has 10 heteroatoms. The number of benzene rings is 2. The van der Waals surface area contributed by atoms with Crippen LogP contribution >= 0.6 is 0 Å². The van der Waals surface area contributed by atoms with Gasteiger partial charge in [0.2, 0.25) is 15.9 Å². The number of amides is 1. The molecule has 0 spiro atoms. The summed E-state index contributed by atoms with van der Waals surface area (Å²) in [5.74, 6) is -0.0709. The van der Waals surface area contributed by atoms with Gasteiger partial charge in [-0.25, -0.2) is 8.42 Å². The Hall–Kier alpha value is -2.59. The molecule has 0 saturated carbocycles. The van der Waals surface area contributed by atoms with E-state index < -0.39 is 21.8 Å². The van der Waals surface area contributed by atoms with Crippen molar-refractivity contribution in [3.8, 4) is 0 Å². The van der Waals surface area contributed by atoms with E-state index in [1.807, 2.05) is 4.90 Å². The van der Waals surface area contributed by atoms with Gasteiger partial charge in [0.15, 0.2) is 0 Å². The van der Waals surface area contributed by atoms with Gasteiger partial charge in [0, 0.05) is 51.0 Å². The lowest BCUT2D eigenvalue weighted by Gasteiger charge is -2.31. The molecule has 33 heavy (non-hydrogen) atoms. The fourth-order valence-electron chi connectivity index (χ4n) is 4.49. The van der Waals surface area contributed by atoms with Crippen LogP contribution in [0.2, 0.25) is 0 Å². The fraction of sp³-hybridized carbons (Fsp3) is 0.435. The van der Waals surface area contributed by atoms with Crippen LogP contribution in [-0.2, 0) is 27.4 Å². The summed E-state index contributed by atoms with van der Waals surface area (Å²) in [7, 11) is -3.71. The predicted molar refractivity (Wildman–Crippen MR) is 120 cm³/mol. The van der Waals surface area contributed by atoms with Crippen molar-refractivity contribution in [2.75, 3.05) is 42.5 Å². The molecule has 0 aliphatic carbocycles. The highest BCUT2D eigenvalue weighted by atomic mass is 32.2. The molecule has 178 valence electrons. The van der Waals surface area contributed by atoms with Crippen molar-refractivity contribution in [3.63, 3.8) is 0 Å². The van der Waals surface area contributed by atoms with E-state index in [-0.39, 0.29) is 23.9 Å². The van der Waals surface area contributed by atoms with Gasteiger partial charge in [0.05, 0.1) is 10.5 Å². The summed E-state index contributed by atoms with van der Waals surface area (Å²) >= 11 is 0. The van der Waals surface area contributed by atoms with Gasteiger partial charge in [-0.05, 0) is 61.2 Å². The number of anilines is 2. The second-order valence-electron chi connectivity index (χ2n) is 8.36. The number of hydrogen-bond acceptors (Lipinski definition) is 4. The van der Waals surface area contributed by atoms with E-state index in [9.17, 15) is 26.4 Å². The molecule has 0 radical (unpaired) electrons. The lowest BCUT2D eigenvalue weighted by atomic mass is 10.1. The van der Waals surface area contributed by atoms with Crippen LogP contribution in [0.4, 0.5) is 24.5 Å². The standard InChI is InChI=1S/C23H26F3N3O3S/c1-17(30)29-14-9-18-15-21(7-8-22(18)29)33(31,32)28-12-3-10-27(11-4-13-28)20-6-2-5-19(16-20)23(24,25)26/h2,5-8,15-16H,3-4,9-14H2,1H3. The first-order valence-corrected chi connectivity index (χ1v) is 12.3. The maximum absolute atomic E-state index is 13.3. The number of hydrogen-bond donors (Lipinski definition) is 0. The number of halogens is 3. The fourth-order valence-corrected chi connectivity index (χ4v) is 6.06. The highest BCUT2D eigenvalue weighted by molar-refractivity contribution is 7.89. The Bertz CT molecular complexity index is 1140. The zero-order valence-electron chi connectivity index (χ0n) is 18.3. The number of nitrogens with zero attached hydrogens (tertiary/aromatic N) is 3. The predicted octanol–water partition coefficient (Wildman–Crippen LogP) is 3.91. The van der Waals surface area contributed by atoms with Crippen LogP contribution in [-0.4, -0.2) is 51.4 Å². The molecule has 2 heterocycles. The third-order valence-corrected chi connectivity index (χ3v) is 8.07. The van der Waals surface area contributed by atoms with Crippen LogP contribution in [0.3, 0.4) is 0 Å². The topological polar surface area (TPSA) is 60.9 Å². The van der Waals surface area contributed by atoms with Crippen LogP contribution in [0, 0.1) is 0 Å². The summed E-state index contributed by atoms with van der Waals surface area (Å²) < 4.78 is 67.2. The van der Waals surface area contributed by atoms with Gasteiger partial charge in [-0.2, -0.15) is 17.5 Å². The Morgan fingerprint density at radius 2 is 1.64 bits per heavy atom. The first-order valence-electron chi connectivity index (χ1n) is 10.9. The quantitative estimate of drug-likeness (QED) is 0.667. The third-order valence-electron chi connectivity index (χ3n) is 6.17. The summed E-state index contributed by atoms with van der Waals surface area (Å²) in [6.45, 7) is 3.53. The first kappa shape index (κ1) is 23.6. The van der Waals surface area contributed by atoms with Crippen molar-refractivity contribution < 1.29 is 26.4 Å². The zero-order chi connectivity index (χ0) is 23.8. The Morgan fingerprint density at radius 1 is 0.939 bits per heavy atom. The molecule has 6 nitrogen and oxygen atoms in total. The minimum absolute atomic E-state index is 0.0709. The monoisotopic (exact) mass is 481 g/mol. The molecule has 1 amide bonds. The molecule has 2 aliphatic rings. The van der Waals surface area contributed by atoms with Gasteiger partial charge in [-0.1, -0.05) is 6.07 Å². The molecular weight excluding hydrogens is 455 g/mol. The molecule has 2 aromatic rings. The largest absolute Gasteiger partial charge is 0.416 e. The Kier molecular flexibility index (Phi) is 6.41. The molecule has 0 atom stereocenters. The Balaban J connectivity index is 1.46. The average molecular weight is 482 g/mol. The van der Waals surface area contributed by atoms with Crippen molar-refractivity contribution >= 4 is 27.3 Å². The van der Waals surface area contributed by atoms with E-state index in [0.717, 1.165) is 23.4 Å². The molecule has 1 saturated heterocycles. The first-order chi connectivity index (χ1) is 15.6. The summed E-state index contributed by atoms with van der Waals surface area (Å²) in [6.07, 6.45) is -2.79. The van der Waals surface area contributed by atoms with Gasteiger partial charge in [-0.15, -0.1) is 0 Å². The van der Waals surface area contributed by atoms with Crippen molar-refractivity contribution in [3.05, 3.63) is 53.6 Å². The van der Waals surface area contributed by atoms with Gasteiger partial charge < -0.3 is 9.80 Å². The summed E-state index contributed by atoms with van der Waals surface area (Å²) in [5.41, 5.74) is 1.40. The van der Waals surface area contributed by atoms with Gasteiger partial charge in [0.1, 0.15) is 0 Å². The number of rotatable bonds is 3. The summed E-state index contributed by atoms with van der Waals surface area (Å²) in [4.78, 5) is 15.5. The van der Waals surface area contributed by atoms with Crippen LogP contribution in [0.25, 0.3) is 0 Å². The van der Waals surface area contributed by atoms with Gasteiger partial charge in [0.25, 0.3) is 0 Å². The molecule has 2 aromatic carbocycles. The molecule has 0 unspecified atom stereocenters. The van der Waals surface area contributed by atoms with E-state index in [4.69, 9.17) is 0 Å². The average Bonchev–Trinajstić information content (AvgIpc) is 3.16. The van der Waals surface area contributed by atoms with Crippen LogP contribution in [0.5, 0.6) is 0 Å². The maximum Gasteiger partial charge on any atom is 0.416 e. The molecule has 0 N–H and O–H groups in total. The minimum atomic E-state index is -4.40. The van der Waals surface area contributed by atoms with Crippen molar-refractivity contribution in [2.24, 2.45) is 0 Å². The number of alkyl halides is 3. The summed E-state index contributed by atoms with van der Waals surface area (Å²) in [6, 6.07) is 10.1. The lowest BCUT2D eigenvalue weighted by Crippen LogP contribution is -2.39. The number of fused-ring (bicyclic) bond motifs is 1. The lowest BCUT2D eigenvalue weighted by molar-refractivity contribution is -0.137. The second-order valence-corrected chi connectivity index (χ2v) is 10.3. The molecule has 1 fully saturated rings. The molecular formula is C23H26F3N3O3S.